The van der Waals surface area contributed by atoms with Gasteiger partial charge in [-0.15, -0.1) is 0 Å². The third kappa shape index (κ3) is 4.10. The predicted octanol–water partition coefficient (Wildman–Crippen LogP) is 2.65. The van der Waals surface area contributed by atoms with Crippen molar-refractivity contribution < 1.29 is 9.47 Å². The lowest BCUT2D eigenvalue weighted by Gasteiger charge is -2.32. The van der Waals surface area contributed by atoms with E-state index in [9.17, 15) is 0 Å². The van der Waals surface area contributed by atoms with E-state index in [2.05, 4.69) is 32.0 Å². The first kappa shape index (κ1) is 18.7. The average Bonchev–Trinajstić information content (AvgIpc) is 3.26. The molecule has 7 heteroatoms. The Morgan fingerprint density at radius 2 is 1.93 bits per heavy atom. The fourth-order valence-electron chi connectivity index (χ4n) is 3.61. The van der Waals surface area contributed by atoms with Crippen LogP contribution in [0.4, 0.5) is 0 Å². The molecule has 28 heavy (non-hydrogen) atoms. The molecule has 7 nitrogen and oxygen atoms in total. The van der Waals surface area contributed by atoms with E-state index in [0.29, 0.717) is 6.61 Å². The predicted molar refractivity (Wildman–Crippen MR) is 110 cm³/mol. The Kier molecular flexibility index (Phi) is 5.73. The second-order valence-corrected chi connectivity index (χ2v) is 7.20. The zero-order chi connectivity index (χ0) is 19.3. The standard InChI is InChI=1S/C21H27N5O2/c1-25-9-11-26(12-10-25)8-3-13-28-21-15-19-17(14-20(21)27-2)16(4-6-22-19)18-5-7-23-24-18/h4-7,14-15H,3,8-13H2,1-2H3,(H,23,24). The van der Waals surface area contributed by atoms with E-state index in [1.54, 1.807) is 13.3 Å². The summed E-state index contributed by atoms with van der Waals surface area (Å²) in [4.78, 5) is 9.39. The fourth-order valence-corrected chi connectivity index (χ4v) is 3.61. The van der Waals surface area contributed by atoms with Crippen molar-refractivity contribution in [3.05, 3.63) is 36.7 Å². The number of pyridine rings is 1. The summed E-state index contributed by atoms with van der Waals surface area (Å²) in [5.41, 5.74) is 2.87. The third-order valence-corrected chi connectivity index (χ3v) is 5.29. The zero-order valence-corrected chi connectivity index (χ0v) is 16.5. The van der Waals surface area contributed by atoms with Crippen molar-refractivity contribution in [2.45, 2.75) is 6.42 Å². The number of fused-ring (bicyclic) bond motifs is 1. The second kappa shape index (κ2) is 8.58. The van der Waals surface area contributed by atoms with Crippen molar-refractivity contribution in [2.75, 3.05) is 53.5 Å². The monoisotopic (exact) mass is 381 g/mol. The molecule has 1 aromatic carbocycles. The number of nitrogens with one attached hydrogen (secondary N) is 1. The maximum Gasteiger partial charge on any atom is 0.163 e. The van der Waals surface area contributed by atoms with Gasteiger partial charge in [-0.25, -0.2) is 0 Å². The van der Waals surface area contributed by atoms with E-state index in [1.165, 1.54) is 0 Å². The zero-order valence-electron chi connectivity index (χ0n) is 16.5. The van der Waals surface area contributed by atoms with E-state index in [4.69, 9.17) is 9.47 Å². The maximum absolute atomic E-state index is 6.06. The van der Waals surface area contributed by atoms with Crippen molar-refractivity contribution in [3.8, 4) is 22.8 Å². The topological polar surface area (TPSA) is 66.5 Å². The largest absolute Gasteiger partial charge is 0.493 e. The van der Waals surface area contributed by atoms with Crippen LogP contribution in [0.5, 0.6) is 11.5 Å². The van der Waals surface area contributed by atoms with Crippen LogP contribution in [0.15, 0.2) is 36.7 Å². The fraction of sp³-hybridized carbons (Fsp3) is 0.429. The van der Waals surface area contributed by atoms with E-state index in [0.717, 1.165) is 72.8 Å². The minimum Gasteiger partial charge on any atom is -0.493 e. The molecule has 1 aliphatic heterocycles. The minimum atomic E-state index is 0.661. The number of H-pyrrole nitrogens is 1. The van der Waals surface area contributed by atoms with Crippen molar-refractivity contribution in [2.24, 2.45) is 0 Å². The van der Waals surface area contributed by atoms with Gasteiger partial charge in [0, 0.05) is 62.1 Å². The number of likely N-dealkylation sites (N-methyl/N-ethyl adjacent to an activating group) is 1. The van der Waals surface area contributed by atoms with E-state index < -0.39 is 0 Å². The highest BCUT2D eigenvalue weighted by molar-refractivity contribution is 5.95. The van der Waals surface area contributed by atoms with Crippen LogP contribution in [0.2, 0.25) is 0 Å². The number of aromatic nitrogens is 3. The van der Waals surface area contributed by atoms with Gasteiger partial charge in [-0.1, -0.05) is 0 Å². The highest BCUT2D eigenvalue weighted by Crippen LogP contribution is 2.35. The molecule has 1 N–H and O–H groups in total. The molecule has 3 aromatic rings. The lowest BCUT2D eigenvalue weighted by Crippen LogP contribution is -2.44. The van der Waals surface area contributed by atoms with Crippen LogP contribution < -0.4 is 9.47 Å². The van der Waals surface area contributed by atoms with Gasteiger partial charge in [0.05, 0.1) is 24.9 Å². The lowest BCUT2D eigenvalue weighted by molar-refractivity contribution is 0.145. The van der Waals surface area contributed by atoms with Gasteiger partial charge in [-0.05, 0) is 31.7 Å². The lowest BCUT2D eigenvalue weighted by atomic mass is 10.1. The number of benzene rings is 1. The van der Waals surface area contributed by atoms with Crippen LogP contribution in [0.3, 0.4) is 0 Å². The first-order valence-corrected chi connectivity index (χ1v) is 9.75. The normalized spacial score (nSPS) is 15.8. The Morgan fingerprint density at radius 3 is 2.68 bits per heavy atom. The number of ether oxygens (including phenoxy) is 2. The molecule has 0 bridgehead atoms. The average molecular weight is 381 g/mol. The van der Waals surface area contributed by atoms with Crippen molar-refractivity contribution in [1.82, 2.24) is 25.0 Å². The highest BCUT2D eigenvalue weighted by atomic mass is 16.5. The van der Waals surface area contributed by atoms with Gasteiger partial charge in [0.2, 0.25) is 0 Å². The molecule has 1 saturated heterocycles. The molecule has 4 rings (SSSR count). The van der Waals surface area contributed by atoms with Crippen molar-refractivity contribution in [3.63, 3.8) is 0 Å². The molecular formula is C21H27N5O2. The van der Waals surface area contributed by atoms with Crippen molar-refractivity contribution >= 4 is 10.9 Å². The summed E-state index contributed by atoms with van der Waals surface area (Å²) in [6, 6.07) is 7.88. The number of piperazine rings is 1. The summed E-state index contributed by atoms with van der Waals surface area (Å²) >= 11 is 0. The van der Waals surface area contributed by atoms with Crippen LogP contribution in [0.25, 0.3) is 22.2 Å². The molecule has 148 valence electrons. The molecule has 0 amide bonds. The Balaban J connectivity index is 1.45. The van der Waals surface area contributed by atoms with Gasteiger partial charge >= 0.3 is 0 Å². The van der Waals surface area contributed by atoms with Gasteiger partial charge in [0.1, 0.15) is 0 Å². The summed E-state index contributed by atoms with van der Waals surface area (Å²) < 4.78 is 11.6. The smallest absolute Gasteiger partial charge is 0.163 e. The quantitative estimate of drug-likeness (QED) is 0.635. The SMILES string of the molecule is COc1cc2c(-c3ccn[nH]3)ccnc2cc1OCCCN1CCN(C)CC1. The van der Waals surface area contributed by atoms with Crippen LogP contribution in [0.1, 0.15) is 6.42 Å². The summed E-state index contributed by atoms with van der Waals surface area (Å²) in [5.74, 6) is 1.46. The Bertz CT molecular complexity index is 905. The summed E-state index contributed by atoms with van der Waals surface area (Å²) in [5, 5.41) is 8.07. The van der Waals surface area contributed by atoms with Crippen LogP contribution in [-0.4, -0.2) is 78.5 Å². The van der Waals surface area contributed by atoms with Gasteiger partial charge in [-0.3, -0.25) is 10.1 Å². The van der Waals surface area contributed by atoms with Gasteiger partial charge in [0.15, 0.2) is 11.5 Å². The van der Waals surface area contributed by atoms with Gasteiger partial charge in [-0.2, -0.15) is 5.10 Å². The van der Waals surface area contributed by atoms with E-state index >= 15 is 0 Å². The first-order valence-electron chi connectivity index (χ1n) is 9.75. The number of rotatable bonds is 7. The van der Waals surface area contributed by atoms with E-state index in [1.807, 2.05) is 30.5 Å². The van der Waals surface area contributed by atoms with Gasteiger partial charge in [0.25, 0.3) is 0 Å². The van der Waals surface area contributed by atoms with Crippen LogP contribution >= 0.6 is 0 Å². The summed E-state index contributed by atoms with van der Waals surface area (Å²) in [6.07, 6.45) is 4.55. The Hall–Kier alpha value is -2.64. The number of aromatic amines is 1. The van der Waals surface area contributed by atoms with E-state index in [-0.39, 0.29) is 0 Å². The molecule has 0 radical (unpaired) electrons. The molecule has 0 atom stereocenters. The van der Waals surface area contributed by atoms with Gasteiger partial charge < -0.3 is 19.3 Å². The summed E-state index contributed by atoms with van der Waals surface area (Å²) in [6.45, 7) is 6.28. The van der Waals surface area contributed by atoms with Crippen LogP contribution in [0, 0.1) is 0 Å². The summed E-state index contributed by atoms with van der Waals surface area (Å²) in [7, 11) is 3.85. The Labute approximate surface area is 165 Å². The molecule has 0 aliphatic carbocycles. The molecule has 0 unspecified atom stereocenters. The Morgan fingerprint density at radius 1 is 1.07 bits per heavy atom. The molecule has 1 aliphatic rings. The molecule has 0 saturated carbocycles. The first-order chi connectivity index (χ1) is 13.7. The van der Waals surface area contributed by atoms with Crippen molar-refractivity contribution in [1.29, 1.82) is 0 Å². The second-order valence-electron chi connectivity index (χ2n) is 7.20. The maximum atomic E-state index is 6.06. The number of methoxy groups -OCH3 is 1. The highest BCUT2D eigenvalue weighted by Gasteiger charge is 2.14. The minimum absolute atomic E-state index is 0.661. The number of hydrogen-bond acceptors (Lipinski definition) is 6. The third-order valence-electron chi connectivity index (χ3n) is 5.29. The molecule has 0 spiro atoms. The number of hydrogen-bond donors (Lipinski definition) is 1. The molecule has 2 aromatic heterocycles. The number of nitrogens with zero attached hydrogens (tertiary/aromatic N) is 4. The van der Waals surface area contributed by atoms with Crippen LogP contribution in [-0.2, 0) is 0 Å². The molecular weight excluding hydrogens is 354 g/mol. The molecule has 1 fully saturated rings. The molecule has 3 heterocycles.